The van der Waals surface area contributed by atoms with Crippen LogP contribution in [0.2, 0.25) is 0 Å². The molecule has 0 bridgehead atoms. The summed E-state index contributed by atoms with van der Waals surface area (Å²) in [5.41, 5.74) is 1.35. The SMILES string of the molecule is Cc1nc(N2CCC[C@H](C(=O)N(C)CCO)C2)nc2cc(S(C)(=O)=O)ccc12. The standard InChI is InChI=1S/C19H26N4O4S/c1-13-16-7-6-15(28(3,26)27)11-17(16)21-19(20-13)23-8-4-5-14(12-23)18(25)22(2)9-10-24/h6-7,11,14,24H,4-5,8-10,12H2,1-3H3/t14-/m0/s1. The van der Waals surface area contributed by atoms with Crippen LogP contribution in [0.5, 0.6) is 0 Å². The molecule has 1 amide bonds. The van der Waals surface area contributed by atoms with E-state index in [0.29, 0.717) is 24.6 Å². The van der Waals surface area contributed by atoms with E-state index >= 15 is 0 Å². The molecule has 9 heteroatoms. The largest absolute Gasteiger partial charge is 0.395 e. The van der Waals surface area contributed by atoms with Crippen LogP contribution in [0.4, 0.5) is 5.95 Å². The molecule has 0 spiro atoms. The summed E-state index contributed by atoms with van der Waals surface area (Å²) < 4.78 is 23.7. The van der Waals surface area contributed by atoms with Gasteiger partial charge in [-0.3, -0.25) is 4.79 Å². The van der Waals surface area contributed by atoms with Gasteiger partial charge in [-0.05, 0) is 38.0 Å². The molecule has 1 aliphatic heterocycles. The number of anilines is 1. The topological polar surface area (TPSA) is 104 Å². The van der Waals surface area contributed by atoms with Crippen molar-refractivity contribution in [2.24, 2.45) is 5.92 Å². The Bertz CT molecular complexity index is 993. The van der Waals surface area contributed by atoms with Gasteiger partial charge in [0.2, 0.25) is 11.9 Å². The molecule has 8 nitrogen and oxygen atoms in total. The maximum Gasteiger partial charge on any atom is 0.227 e. The zero-order chi connectivity index (χ0) is 20.5. The fourth-order valence-electron chi connectivity index (χ4n) is 3.56. The number of benzene rings is 1. The number of nitrogens with zero attached hydrogens (tertiary/aromatic N) is 4. The number of carbonyl (C=O) groups excluding carboxylic acids is 1. The van der Waals surface area contributed by atoms with Crippen molar-refractivity contribution in [3.8, 4) is 0 Å². The van der Waals surface area contributed by atoms with Gasteiger partial charge in [0.1, 0.15) is 0 Å². The van der Waals surface area contributed by atoms with Crippen LogP contribution >= 0.6 is 0 Å². The Balaban J connectivity index is 1.91. The summed E-state index contributed by atoms with van der Waals surface area (Å²) >= 11 is 0. The molecule has 1 aliphatic rings. The van der Waals surface area contributed by atoms with E-state index in [2.05, 4.69) is 9.97 Å². The molecule has 1 N–H and O–H groups in total. The highest BCUT2D eigenvalue weighted by molar-refractivity contribution is 7.90. The molecule has 3 rings (SSSR count). The zero-order valence-corrected chi connectivity index (χ0v) is 17.2. The van der Waals surface area contributed by atoms with Gasteiger partial charge in [0.15, 0.2) is 9.84 Å². The molecule has 1 saturated heterocycles. The average molecular weight is 407 g/mol. The van der Waals surface area contributed by atoms with Crippen LogP contribution in [0.3, 0.4) is 0 Å². The van der Waals surface area contributed by atoms with E-state index in [1.54, 1.807) is 30.1 Å². The molecule has 2 aromatic rings. The Morgan fingerprint density at radius 1 is 1.36 bits per heavy atom. The van der Waals surface area contributed by atoms with Gasteiger partial charge in [-0.15, -0.1) is 0 Å². The second kappa shape index (κ2) is 8.00. The van der Waals surface area contributed by atoms with Crippen LogP contribution in [-0.4, -0.2) is 73.8 Å². The van der Waals surface area contributed by atoms with Gasteiger partial charge in [-0.1, -0.05) is 0 Å². The fraction of sp³-hybridized carbons (Fsp3) is 0.526. The van der Waals surface area contributed by atoms with E-state index in [4.69, 9.17) is 5.11 Å². The highest BCUT2D eigenvalue weighted by Crippen LogP contribution is 2.26. The maximum atomic E-state index is 12.6. The highest BCUT2D eigenvalue weighted by Gasteiger charge is 2.29. The lowest BCUT2D eigenvalue weighted by Gasteiger charge is -2.34. The molecule has 1 aromatic carbocycles. The monoisotopic (exact) mass is 406 g/mol. The first-order valence-electron chi connectivity index (χ1n) is 9.30. The maximum absolute atomic E-state index is 12.6. The first-order valence-corrected chi connectivity index (χ1v) is 11.2. The van der Waals surface area contributed by atoms with Crippen LogP contribution in [0.25, 0.3) is 10.9 Å². The van der Waals surface area contributed by atoms with Crippen molar-refractivity contribution in [3.05, 3.63) is 23.9 Å². The normalized spacial score (nSPS) is 17.7. The van der Waals surface area contributed by atoms with Gasteiger partial charge < -0.3 is 14.9 Å². The number of sulfone groups is 1. The lowest BCUT2D eigenvalue weighted by molar-refractivity contribution is -0.134. The average Bonchev–Trinajstić information content (AvgIpc) is 2.66. The predicted octanol–water partition coefficient (Wildman–Crippen LogP) is 1.01. The Morgan fingerprint density at radius 2 is 2.11 bits per heavy atom. The summed E-state index contributed by atoms with van der Waals surface area (Å²) in [4.78, 5) is 25.5. The molecule has 0 aliphatic carbocycles. The first-order chi connectivity index (χ1) is 13.2. The van der Waals surface area contributed by atoms with Crippen LogP contribution in [-0.2, 0) is 14.6 Å². The number of aliphatic hydroxyl groups is 1. The summed E-state index contributed by atoms with van der Waals surface area (Å²) in [5, 5.41) is 9.87. The first kappa shape index (κ1) is 20.5. The van der Waals surface area contributed by atoms with Crippen molar-refractivity contribution in [1.29, 1.82) is 0 Å². The van der Waals surface area contributed by atoms with Gasteiger partial charge in [0, 0.05) is 38.3 Å². The number of aryl methyl sites for hydroxylation is 1. The van der Waals surface area contributed by atoms with Crippen molar-refractivity contribution in [3.63, 3.8) is 0 Å². The summed E-state index contributed by atoms with van der Waals surface area (Å²) in [6.45, 7) is 3.37. The Morgan fingerprint density at radius 3 is 2.79 bits per heavy atom. The molecule has 1 aromatic heterocycles. The van der Waals surface area contributed by atoms with Gasteiger partial charge >= 0.3 is 0 Å². The third-order valence-electron chi connectivity index (χ3n) is 5.14. The Hall–Kier alpha value is -2.26. The van der Waals surface area contributed by atoms with Gasteiger partial charge in [-0.25, -0.2) is 18.4 Å². The van der Waals surface area contributed by atoms with E-state index in [0.717, 1.165) is 30.5 Å². The number of fused-ring (bicyclic) bond motifs is 1. The van der Waals surface area contributed by atoms with Crippen LogP contribution < -0.4 is 4.90 Å². The fourth-order valence-corrected chi connectivity index (χ4v) is 4.20. The van der Waals surface area contributed by atoms with E-state index in [-0.39, 0.29) is 23.3 Å². The van der Waals surface area contributed by atoms with Gasteiger partial charge in [-0.2, -0.15) is 0 Å². The third-order valence-corrected chi connectivity index (χ3v) is 6.25. The lowest BCUT2D eigenvalue weighted by atomic mass is 9.97. The summed E-state index contributed by atoms with van der Waals surface area (Å²) in [6, 6.07) is 4.88. The summed E-state index contributed by atoms with van der Waals surface area (Å²) in [6.07, 6.45) is 2.80. The molecule has 152 valence electrons. The molecule has 0 saturated carbocycles. The number of hydrogen-bond donors (Lipinski definition) is 1. The molecule has 1 atom stereocenters. The van der Waals surface area contributed by atoms with Gasteiger partial charge in [0.25, 0.3) is 0 Å². The number of aliphatic hydroxyl groups excluding tert-OH is 1. The van der Waals surface area contributed by atoms with E-state index in [1.807, 2.05) is 11.8 Å². The minimum Gasteiger partial charge on any atom is -0.395 e. The summed E-state index contributed by atoms with van der Waals surface area (Å²) in [7, 11) is -1.63. The predicted molar refractivity (Wildman–Crippen MR) is 107 cm³/mol. The second-order valence-corrected chi connectivity index (χ2v) is 9.34. The van der Waals surface area contributed by atoms with E-state index in [1.165, 1.54) is 6.26 Å². The number of likely N-dealkylation sites (N-methyl/N-ethyl adjacent to an activating group) is 1. The highest BCUT2D eigenvalue weighted by atomic mass is 32.2. The molecule has 0 radical (unpaired) electrons. The van der Waals surface area contributed by atoms with E-state index < -0.39 is 9.84 Å². The summed E-state index contributed by atoms with van der Waals surface area (Å²) in [5.74, 6) is 0.348. The van der Waals surface area contributed by atoms with Crippen molar-refractivity contribution in [2.45, 2.75) is 24.7 Å². The van der Waals surface area contributed by atoms with Crippen LogP contribution in [0.1, 0.15) is 18.5 Å². The number of rotatable bonds is 5. The van der Waals surface area contributed by atoms with Crippen molar-refractivity contribution in [2.75, 3.05) is 44.4 Å². The van der Waals surface area contributed by atoms with Crippen molar-refractivity contribution >= 4 is 32.6 Å². The second-order valence-electron chi connectivity index (χ2n) is 7.33. The van der Waals surface area contributed by atoms with Crippen LogP contribution in [0.15, 0.2) is 23.1 Å². The third kappa shape index (κ3) is 4.25. The van der Waals surface area contributed by atoms with E-state index in [9.17, 15) is 13.2 Å². The Kier molecular flexibility index (Phi) is 5.85. The minimum atomic E-state index is -3.32. The quantitative estimate of drug-likeness (QED) is 0.790. The van der Waals surface area contributed by atoms with Crippen molar-refractivity contribution < 1.29 is 18.3 Å². The Labute approximate surface area is 165 Å². The molecule has 0 unspecified atom stereocenters. The number of aromatic nitrogens is 2. The number of amides is 1. The smallest absolute Gasteiger partial charge is 0.227 e. The molecule has 1 fully saturated rings. The molecular formula is C19H26N4O4S. The molecule has 2 heterocycles. The minimum absolute atomic E-state index is 0.00984. The number of hydrogen-bond acceptors (Lipinski definition) is 7. The number of piperidine rings is 1. The lowest BCUT2D eigenvalue weighted by Crippen LogP contribution is -2.45. The van der Waals surface area contributed by atoms with Crippen molar-refractivity contribution in [1.82, 2.24) is 14.9 Å². The number of carbonyl (C=O) groups is 1. The van der Waals surface area contributed by atoms with Crippen LogP contribution in [0, 0.1) is 12.8 Å². The van der Waals surface area contributed by atoms with Gasteiger partial charge in [0.05, 0.1) is 28.6 Å². The molecule has 28 heavy (non-hydrogen) atoms. The molecular weight excluding hydrogens is 380 g/mol. The zero-order valence-electron chi connectivity index (χ0n) is 16.4.